The summed E-state index contributed by atoms with van der Waals surface area (Å²) >= 11 is 0. The van der Waals surface area contributed by atoms with Gasteiger partial charge in [-0.25, -0.2) is 9.37 Å². The molecule has 0 aliphatic heterocycles. The van der Waals surface area contributed by atoms with Crippen molar-refractivity contribution in [1.82, 2.24) is 14.5 Å². The minimum Gasteiger partial charge on any atom is -0.326 e. The lowest BCUT2D eigenvalue weighted by Crippen LogP contribution is -2.28. The number of fused-ring (bicyclic) bond motifs is 1. The maximum Gasteiger partial charge on any atom is 0.127 e. The van der Waals surface area contributed by atoms with Gasteiger partial charge in [0.05, 0.1) is 29.6 Å². The number of nitrogens with zero attached hydrogens (tertiary/aromatic N) is 4. The molecule has 4 nitrogen and oxygen atoms in total. The van der Waals surface area contributed by atoms with Crippen LogP contribution in [0.2, 0.25) is 0 Å². The molecule has 1 heterocycles. The topological polar surface area (TPSA) is 44.9 Å². The average molecular weight is 288 g/mol. The largest absolute Gasteiger partial charge is 0.326 e. The number of rotatable bonds is 6. The summed E-state index contributed by atoms with van der Waals surface area (Å²) in [5, 5.41) is 8.86. The molecule has 0 aliphatic rings. The number of aromatic nitrogens is 2. The third kappa shape index (κ3) is 3.06. The molecule has 0 radical (unpaired) electrons. The quantitative estimate of drug-likeness (QED) is 0.817. The normalized spacial score (nSPS) is 12.8. The minimum absolute atomic E-state index is 0.133. The van der Waals surface area contributed by atoms with Crippen LogP contribution in [0.4, 0.5) is 4.39 Å². The van der Waals surface area contributed by atoms with E-state index in [1.54, 1.807) is 6.07 Å². The summed E-state index contributed by atoms with van der Waals surface area (Å²) in [5.74, 6) is 0.615. The number of benzene rings is 1. The maximum atomic E-state index is 13.4. The van der Waals surface area contributed by atoms with E-state index < -0.39 is 0 Å². The molecule has 5 heteroatoms. The van der Waals surface area contributed by atoms with Crippen LogP contribution in [0, 0.1) is 17.1 Å². The van der Waals surface area contributed by atoms with Crippen molar-refractivity contribution in [3.63, 3.8) is 0 Å². The summed E-state index contributed by atoms with van der Waals surface area (Å²) in [6.07, 6.45) is 0.417. The summed E-state index contributed by atoms with van der Waals surface area (Å²) < 4.78 is 15.5. The van der Waals surface area contributed by atoms with Crippen LogP contribution in [-0.4, -0.2) is 27.5 Å². The first-order chi connectivity index (χ1) is 10.1. The van der Waals surface area contributed by atoms with Gasteiger partial charge in [0.15, 0.2) is 0 Å². The fraction of sp³-hybridized carbons (Fsp3) is 0.500. The Labute approximate surface area is 124 Å². The lowest BCUT2D eigenvalue weighted by Gasteiger charge is -2.26. The summed E-state index contributed by atoms with van der Waals surface area (Å²) in [5.41, 5.74) is 1.54. The van der Waals surface area contributed by atoms with E-state index in [4.69, 9.17) is 5.26 Å². The smallest absolute Gasteiger partial charge is 0.127 e. The van der Waals surface area contributed by atoms with Crippen molar-refractivity contribution in [1.29, 1.82) is 5.26 Å². The maximum absolute atomic E-state index is 13.4. The van der Waals surface area contributed by atoms with E-state index in [1.165, 1.54) is 12.1 Å². The molecule has 1 aromatic heterocycles. The summed E-state index contributed by atoms with van der Waals surface area (Å²) in [6.45, 7) is 8.76. The van der Waals surface area contributed by atoms with Crippen LogP contribution in [0.25, 0.3) is 11.0 Å². The Hall–Kier alpha value is -1.93. The molecule has 2 rings (SSSR count). The molecular formula is C16H21FN4. The van der Waals surface area contributed by atoms with Crippen molar-refractivity contribution in [2.24, 2.45) is 0 Å². The number of hydrogen-bond donors (Lipinski definition) is 0. The first kappa shape index (κ1) is 15.5. The molecule has 1 aromatic carbocycles. The molecular weight excluding hydrogens is 267 g/mol. The van der Waals surface area contributed by atoms with Crippen LogP contribution in [-0.2, 0) is 6.54 Å². The second kappa shape index (κ2) is 6.68. The van der Waals surface area contributed by atoms with E-state index >= 15 is 0 Å². The molecule has 1 unspecified atom stereocenters. The summed E-state index contributed by atoms with van der Waals surface area (Å²) in [7, 11) is 0. The molecule has 1 atom stereocenters. The zero-order valence-electron chi connectivity index (χ0n) is 12.8. The Balaban J connectivity index is 2.52. The number of hydrogen-bond acceptors (Lipinski definition) is 3. The molecule has 0 aliphatic carbocycles. The SMILES string of the molecule is CCN(CC)C(C)c1nc2cc(F)ccc2n1CCC#N. The Morgan fingerprint density at radius 2 is 2.10 bits per heavy atom. The van der Waals surface area contributed by atoms with Crippen LogP contribution < -0.4 is 0 Å². The van der Waals surface area contributed by atoms with Gasteiger partial charge >= 0.3 is 0 Å². The van der Waals surface area contributed by atoms with Crippen LogP contribution in [0.15, 0.2) is 18.2 Å². The van der Waals surface area contributed by atoms with Crippen molar-refractivity contribution in [2.75, 3.05) is 13.1 Å². The van der Waals surface area contributed by atoms with Crippen molar-refractivity contribution in [3.8, 4) is 6.07 Å². The van der Waals surface area contributed by atoms with E-state index in [0.29, 0.717) is 18.5 Å². The molecule has 2 aromatic rings. The van der Waals surface area contributed by atoms with Gasteiger partial charge in [0.25, 0.3) is 0 Å². The number of imidazole rings is 1. The highest BCUT2D eigenvalue weighted by molar-refractivity contribution is 5.76. The van der Waals surface area contributed by atoms with Crippen LogP contribution in [0.5, 0.6) is 0 Å². The number of aryl methyl sites for hydroxylation is 1. The Kier molecular flexibility index (Phi) is 4.92. The minimum atomic E-state index is -0.283. The van der Waals surface area contributed by atoms with E-state index in [-0.39, 0.29) is 11.9 Å². The van der Waals surface area contributed by atoms with Crippen LogP contribution in [0.3, 0.4) is 0 Å². The third-order valence-corrected chi connectivity index (χ3v) is 3.92. The van der Waals surface area contributed by atoms with Crippen molar-refractivity contribution < 1.29 is 4.39 Å². The first-order valence-electron chi connectivity index (χ1n) is 7.39. The molecule has 0 amide bonds. The highest BCUT2D eigenvalue weighted by Gasteiger charge is 2.20. The van der Waals surface area contributed by atoms with Crippen molar-refractivity contribution in [2.45, 2.75) is 39.8 Å². The van der Waals surface area contributed by atoms with Gasteiger partial charge in [0.2, 0.25) is 0 Å². The first-order valence-corrected chi connectivity index (χ1v) is 7.39. The predicted molar refractivity (Wildman–Crippen MR) is 81.3 cm³/mol. The van der Waals surface area contributed by atoms with Gasteiger partial charge in [0.1, 0.15) is 11.6 Å². The van der Waals surface area contributed by atoms with Gasteiger partial charge in [0, 0.05) is 12.6 Å². The van der Waals surface area contributed by atoms with Gasteiger partial charge < -0.3 is 4.57 Å². The Morgan fingerprint density at radius 1 is 1.38 bits per heavy atom. The second-order valence-electron chi connectivity index (χ2n) is 5.06. The highest BCUT2D eigenvalue weighted by Crippen LogP contribution is 2.25. The molecule has 0 bridgehead atoms. The molecule has 21 heavy (non-hydrogen) atoms. The van der Waals surface area contributed by atoms with Gasteiger partial charge in [-0.05, 0) is 32.1 Å². The fourth-order valence-corrected chi connectivity index (χ4v) is 2.77. The molecule has 112 valence electrons. The second-order valence-corrected chi connectivity index (χ2v) is 5.06. The van der Waals surface area contributed by atoms with E-state index in [0.717, 1.165) is 24.4 Å². The van der Waals surface area contributed by atoms with E-state index in [1.807, 2.05) is 4.57 Å². The summed E-state index contributed by atoms with van der Waals surface area (Å²) in [4.78, 5) is 6.91. The third-order valence-electron chi connectivity index (χ3n) is 3.92. The fourth-order valence-electron chi connectivity index (χ4n) is 2.77. The molecule has 0 fully saturated rings. The summed E-state index contributed by atoms with van der Waals surface area (Å²) in [6, 6.07) is 6.94. The van der Waals surface area contributed by atoms with Crippen molar-refractivity contribution in [3.05, 3.63) is 29.8 Å². The number of nitriles is 1. The number of halogens is 1. The van der Waals surface area contributed by atoms with Gasteiger partial charge in [-0.1, -0.05) is 13.8 Å². The molecule has 0 saturated heterocycles. The molecule has 0 spiro atoms. The van der Waals surface area contributed by atoms with Crippen molar-refractivity contribution >= 4 is 11.0 Å². The average Bonchev–Trinajstić information content (AvgIpc) is 2.83. The van der Waals surface area contributed by atoms with Crippen LogP contribution >= 0.6 is 0 Å². The monoisotopic (exact) mass is 288 g/mol. The zero-order valence-corrected chi connectivity index (χ0v) is 12.8. The molecule has 0 saturated carbocycles. The lowest BCUT2D eigenvalue weighted by atomic mass is 10.2. The highest BCUT2D eigenvalue weighted by atomic mass is 19.1. The van der Waals surface area contributed by atoms with E-state index in [2.05, 4.69) is 36.7 Å². The van der Waals surface area contributed by atoms with E-state index in [9.17, 15) is 4.39 Å². The predicted octanol–water partition coefficient (Wildman–Crippen LogP) is 3.49. The Morgan fingerprint density at radius 3 is 2.71 bits per heavy atom. The molecule has 0 N–H and O–H groups in total. The van der Waals surface area contributed by atoms with Gasteiger partial charge in [-0.15, -0.1) is 0 Å². The Bertz CT molecular complexity index is 652. The van der Waals surface area contributed by atoms with Crippen LogP contribution in [0.1, 0.15) is 39.1 Å². The van der Waals surface area contributed by atoms with Gasteiger partial charge in [-0.3, -0.25) is 4.90 Å². The zero-order chi connectivity index (χ0) is 15.4. The van der Waals surface area contributed by atoms with Gasteiger partial charge in [-0.2, -0.15) is 5.26 Å². The standard InChI is InChI=1S/C16H21FN4/c1-4-20(5-2)12(3)16-19-14-11-13(17)7-8-15(14)21(16)10-6-9-18/h7-8,11-12H,4-6,10H2,1-3H3. The lowest BCUT2D eigenvalue weighted by molar-refractivity contribution is 0.222.